The zero-order chi connectivity index (χ0) is 15.9. The van der Waals surface area contributed by atoms with Gasteiger partial charge >= 0.3 is 0 Å². The molecule has 0 aliphatic rings. The molecule has 0 saturated heterocycles. The van der Waals surface area contributed by atoms with Gasteiger partial charge in [-0.2, -0.15) is 5.26 Å². The third kappa shape index (κ3) is 3.78. The summed E-state index contributed by atoms with van der Waals surface area (Å²) in [5.74, 6) is 0.610. The lowest BCUT2D eigenvalue weighted by Crippen LogP contribution is -2.06. The molecule has 0 aliphatic carbocycles. The summed E-state index contributed by atoms with van der Waals surface area (Å²) in [5.41, 5.74) is 2.77. The molecule has 5 heteroatoms. The Morgan fingerprint density at radius 3 is 2.77 bits per heavy atom. The number of nitriles is 1. The fourth-order valence-corrected chi connectivity index (χ4v) is 2.15. The molecule has 0 bridgehead atoms. The van der Waals surface area contributed by atoms with Gasteiger partial charge in [0.15, 0.2) is 5.71 Å². The minimum Gasteiger partial charge on any atom is -0.487 e. The average molecular weight is 315 g/mol. The molecule has 0 atom stereocenters. The fourth-order valence-electron chi connectivity index (χ4n) is 1.97. The summed E-state index contributed by atoms with van der Waals surface area (Å²) < 4.78 is 5.78. The van der Waals surface area contributed by atoms with Crippen molar-refractivity contribution in [2.45, 2.75) is 13.5 Å². The first-order valence-corrected chi connectivity index (χ1v) is 7.02. The van der Waals surface area contributed by atoms with Crippen molar-refractivity contribution in [3.05, 3.63) is 64.2 Å². The molecule has 0 N–H and O–H groups in total. The highest BCUT2D eigenvalue weighted by molar-refractivity contribution is 6.32. The number of ether oxygens (including phenoxy) is 1. The lowest BCUT2D eigenvalue weighted by atomic mass is 10.0. The molecule has 22 heavy (non-hydrogen) atoms. The predicted molar refractivity (Wildman–Crippen MR) is 86.1 cm³/mol. The number of hydrogen-bond acceptors (Lipinski definition) is 4. The smallest absolute Gasteiger partial charge is 0.187 e. The molecule has 0 unspecified atom stereocenters. The van der Waals surface area contributed by atoms with Crippen LogP contribution in [-0.2, 0) is 11.4 Å². The van der Waals surface area contributed by atoms with Crippen LogP contribution in [0.5, 0.6) is 5.75 Å². The molecule has 2 aromatic rings. The Morgan fingerprint density at radius 2 is 2.05 bits per heavy atom. The molecular weight excluding hydrogens is 300 g/mol. The van der Waals surface area contributed by atoms with Gasteiger partial charge in [0, 0.05) is 5.56 Å². The first-order chi connectivity index (χ1) is 10.7. The van der Waals surface area contributed by atoms with Crippen molar-refractivity contribution in [2.75, 3.05) is 7.11 Å². The molecule has 112 valence electrons. The zero-order valence-corrected chi connectivity index (χ0v) is 13.1. The SMILES string of the molecule is CO/N=C(/C#N)c1ccccc1COc1cc(C)ccc1Cl. The maximum atomic E-state index is 9.18. The molecule has 0 fully saturated rings. The van der Waals surface area contributed by atoms with E-state index in [1.807, 2.05) is 43.3 Å². The van der Waals surface area contributed by atoms with Crippen LogP contribution in [0.25, 0.3) is 0 Å². The highest BCUT2D eigenvalue weighted by Gasteiger charge is 2.11. The highest BCUT2D eigenvalue weighted by atomic mass is 35.5. The Hall–Kier alpha value is -2.51. The van der Waals surface area contributed by atoms with Crippen molar-refractivity contribution in [3.63, 3.8) is 0 Å². The minimum absolute atomic E-state index is 0.206. The summed E-state index contributed by atoms with van der Waals surface area (Å²) in [6.45, 7) is 2.25. The zero-order valence-electron chi connectivity index (χ0n) is 12.3. The van der Waals surface area contributed by atoms with E-state index in [1.54, 1.807) is 12.1 Å². The molecule has 0 aliphatic heterocycles. The fraction of sp³-hybridized carbons (Fsp3) is 0.176. The third-order valence-electron chi connectivity index (χ3n) is 3.03. The quantitative estimate of drug-likeness (QED) is 0.616. The van der Waals surface area contributed by atoms with Crippen molar-refractivity contribution in [3.8, 4) is 11.8 Å². The number of benzene rings is 2. The summed E-state index contributed by atoms with van der Waals surface area (Å²) in [6, 6.07) is 15.0. The molecule has 0 aromatic heterocycles. The van der Waals surface area contributed by atoms with E-state index in [2.05, 4.69) is 5.16 Å². The monoisotopic (exact) mass is 314 g/mol. The molecular formula is C17H15ClN2O2. The Bertz CT molecular complexity index is 736. The molecule has 2 aromatic carbocycles. The third-order valence-corrected chi connectivity index (χ3v) is 3.34. The van der Waals surface area contributed by atoms with Gasteiger partial charge in [-0.15, -0.1) is 0 Å². The molecule has 0 spiro atoms. The van der Waals surface area contributed by atoms with E-state index in [1.165, 1.54) is 7.11 Å². The van der Waals surface area contributed by atoms with E-state index in [0.717, 1.165) is 11.1 Å². The van der Waals surface area contributed by atoms with Crippen molar-refractivity contribution < 1.29 is 9.57 Å². The van der Waals surface area contributed by atoms with E-state index in [0.29, 0.717) is 16.3 Å². The van der Waals surface area contributed by atoms with Gasteiger partial charge in [-0.1, -0.05) is 47.1 Å². The summed E-state index contributed by atoms with van der Waals surface area (Å²) >= 11 is 6.12. The molecule has 0 radical (unpaired) electrons. The standard InChI is InChI=1S/C17H15ClN2O2/c1-12-7-8-15(18)17(9-12)22-11-13-5-3-4-6-14(13)16(10-19)20-21-2/h3-9H,11H2,1-2H3/b20-16-. The van der Waals surface area contributed by atoms with E-state index in [4.69, 9.17) is 21.2 Å². The van der Waals surface area contributed by atoms with Crippen LogP contribution >= 0.6 is 11.6 Å². The average Bonchev–Trinajstić information content (AvgIpc) is 2.54. The number of oxime groups is 1. The van der Waals surface area contributed by atoms with E-state index >= 15 is 0 Å². The van der Waals surface area contributed by atoms with E-state index in [9.17, 15) is 5.26 Å². The number of rotatable bonds is 5. The Morgan fingerprint density at radius 1 is 1.27 bits per heavy atom. The molecule has 2 rings (SSSR count). The largest absolute Gasteiger partial charge is 0.487 e. The minimum atomic E-state index is 0.206. The van der Waals surface area contributed by atoms with Crippen LogP contribution in [0, 0.1) is 18.3 Å². The van der Waals surface area contributed by atoms with E-state index in [-0.39, 0.29) is 12.3 Å². The van der Waals surface area contributed by atoms with Gasteiger partial charge in [0.2, 0.25) is 0 Å². The van der Waals surface area contributed by atoms with Gasteiger partial charge in [-0.25, -0.2) is 0 Å². The Labute approximate surface area is 134 Å². The first kappa shape index (κ1) is 15.9. The number of halogens is 1. The van der Waals surface area contributed by atoms with Gasteiger partial charge in [0.25, 0.3) is 0 Å². The maximum absolute atomic E-state index is 9.18. The van der Waals surface area contributed by atoms with Crippen LogP contribution in [0.15, 0.2) is 47.6 Å². The molecule has 0 amide bonds. The second-order valence-electron chi connectivity index (χ2n) is 4.61. The van der Waals surface area contributed by atoms with Crippen LogP contribution in [0.3, 0.4) is 0 Å². The molecule has 0 saturated carbocycles. The second kappa shape index (κ2) is 7.48. The van der Waals surface area contributed by atoms with Crippen molar-refractivity contribution >= 4 is 17.3 Å². The van der Waals surface area contributed by atoms with Crippen molar-refractivity contribution in [2.24, 2.45) is 5.16 Å². The Balaban J connectivity index is 2.26. The molecule has 0 heterocycles. The van der Waals surface area contributed by atoms with Crippen LogP contribution in [0.4, 0.5) is 0 Å². The normalized spacial score (nSPS) is 10.9. The first-order valence-electron chi connectivity index (χ1n) is 6.64. The summed E-state index contributed by atoms with van der Waals surface area (Å²) in [5, 5.41) is 13.5. The number of aryl methyl sites for hydroxylation is 1. The highest BCUT2D eigenvalue weighted by Crippen LogP contribution is 2.26. The van der Waals surface area contributed by atoms with Crippen LogP contribution in [-0.4, -0.2) is 12.8 Å². The summed E-state index contributed by atoms with van der Waals surface area (Å²) in [6.07, 6.45) is 0. The summed E-state index contributed by atoms with van der Waals surface area (Å²) in [4.78, 5) is 4.71. The molecule has 4 nitrogen and oxygen atoms in total. The van der Waals surface area contributed by atoms with Crippen LogP contribution in [0.1, 0.15) is 16.7 Å². The van der Waals surface area contributed by atoms with E-state index < -0.39 is 0 Å². The van der Waals surface area contributed by atoms with Crippen LogP contribution < -0.4 is 4.74 Å². The Kier molecular flexibility index (Phi) is 5.40. The van der Waals surface area contributed by atoms with Gasteiger partial charge < -0.3 is 9.57 Å². The van der Waals surface area contributed by atoms with Gasteiger partial charge in [0.1, 0.15) is 25.5 Å². The van der Waals surface area contributed by atoms with Crippen molar-refractivity contribution in [1.29, 1.82) is 5.26 Å². The predicted octanol–water partition coefficient (Wildman–Crippen LogP) is 4.10. The maximum Gasteiger partial charge on any atom is 0.187 e. The number of hydrogen-bond donors (Lipinski definition) is 0. The number of nitrogens with zero attached hydrogens (tertiary/aromatic N) is 2. The topological polar surface area (TPSA) is 54.6 Å². The van der Waals surface area contributed by atoms with Gasteiger partial charge in [-0.3, -0.25) is 0 Å². The van der Waals surface area contributed by atoms with Gasteiger partial charge in [-0.05, 0) is 30.2 Å². The van der Waals surface area contributed by atoms with Crippen LogP contribution in [0.2, 0.25) is 5.02 Å². The van der Waals surface area contributed by atoms with Gasteiger partial charge in [0.05, 0.1) is 5.02 Å². The lowest BCUT2D eigenvalue weighted by Gasteiger charge is -2.11. The van der Waals surface area contributed by atoms with Crippen molar-refractivity contribution in [1.82, 2.24) is 0 Å². The second-order valence-corrected chi connectivity index (χ2v) is 5.02. The summed E-state index contributed by atoms with van der Waals surface area (Å²) in [7, 11) is 1.41. The lowest BCUT2D eigenvalue weighted by molar-refractivity contribution is 0.214.